The Hall–Kier alpha value is -1.14. The van der Waals surface area contributed by atoms with Gasteiger partial charge in [0.15, 0.2) is 0 Å². The molecule has 0 radical (unpaired) electrons. The number of nitrogens with one attached hydrogen (secondary N) is 1. The van der Waals surface area contributed by atoms with Gasteiger partial charge >= 0.3 is 5.97 Å². The summed E-state index contributed by atoms with van der Waals surface area (Å²) in [6.07, 6.45) is 0.538. The fourth-order valence-corrected chi connectivity index (χ4v) is 1.82. The number of carbonyl (C=O) groups excluding carboxylic acids is 1. The number of carboxylic acid groups (broad SMARTS) is 1. The molecule has 1 amide bonds. The lowest BCUT2D eigenvalue weighted by molar-refractivity contribution is -0.152. The first-order valence-electron chi connectivity index (χ1n) is 6.08. The van der Waals surface area contributed by atoms with Crippen LogP contribution >= 0.6 is 0 Å². The van der Waals surface area contributed by atoms with Crippen LogP contribution in [-0.2, 0) is 14.3 Å². The highest BCUT2D eigenvalue weighted by Crippen LogP contribution is 2.23. The van der Waals surface area contributed by atoms with Crippen LogP contribution in [0, 0.1) is 5.41 Å². The second-order valence-electron chi connectivity index (χ2n) is 5.83. The van der Waals surface area contributed by atoms with Crippen LogP contribution in [0.25, 0.3) is 0 Å². The highest BCUT2D eigenvalue weighted by Gasteiger charge is 2.43. The monoisotopic (exact) mass is 258 g/mol. The van der Waals surface area contributed by atoms with Crippen molar-refractivity contribution in [2.24, 2.45) is 11.1 Å². The molecule has 1 aliphatic heterocycles. The standard InChI is InChI=1S/C12H22N2O4/c1-11(2,3)8(13)9(15)14-12(10(16)17)4-6-18-7-5-12/h8H,4-7,13H2,1-3H3,(H,14,15)(H,16,17)/t8-/m0/s1. The van der Waals surface area contributed by atoms with Crippen LogP contribution in [0.15, 0.2) is 0 Å². The average Bonchev–Trinajstić information content (AvgIpc) is 2.27. The van der Waals surface area contributed by atoms with Crippen molar-refractivity contribution in [3.8, 4) is 0 Å². The summed E-state index contributed by atoms with van der Waals surface area (Å²) in [5.74, 6) is -1.45. The van der Waals surface area contributed by atoms with Crippen LogP contribution in [0.5, 0.6) is 0 Å². The molecule has 6 heteroatoms. The molecule has 18 heavy (non-hydrogen) atoms. The summed E-state index contributed by atoms with van der Waals surface area (Å²) in [6, 6.07) is -0.739. The van der Waals surface area contributed by atoms with E-state index in [1.807, 2.05) is 20.8 Å². The minimum absolute atomic E-state index is 0.269. The highest BCUT2D eigenvalue weighted by molar-refractivity contribution is 5.90. The van der Waals surface area contributed by atoms with Crippen LogP contribution in [0.3, 0.4) is 0 Å². The topological polar surface area (TPSA) is 102 Å². The summed E-state index contributed by atoms with van der Waals surface area (Å²) in [6.45, 7) is 6.19. The van der Waals surface area contributed by atoms with E-state index in [1.165, 1.54) is 0 Å². The summed E-state index contributed by atoms with van der Waals surface area (Å²) in [5.41, 5.74) is 4.19. The van der Waals surface area contributed by atoms with Gasteiger partial charge < -0.3 is 20.9 Å². The third kappa shape index (κ3) is 3.20. The van der Waals surface area contributed by atoms with Gasteiger partial charge in [0.2, 0.25) is 5.91 Å². The molecule has 0 aliphatic carbocycles. The van der Waals surface area contributed by atoms with Crippen LogP contribution in [0.4, 0.5) is 0 Å². The Bertz CT molecular complexity index is 329. The normalized spacial score (nSPS) is 21.1. The van der Waals surface area contributed by atoms with Crippen LogP contribution < -0.4 is 11.1 Å². The maximum absolute atomic E-state index is 12.0. The fraction of sp³-hybridized carbons (Fsp3) is 0.833. The van der Waals surface area contributed by atoms with Gasteiger partial charge in [-0.25, -0.2) is 4.79 Å². The maximum atomic E-state index is 12.0. The summed E-state index contributed by atoms with van der Waals surface area (Å²) in [7, 11) is 0. The Morgan fingerprint density at radius 1 is 1.33 bits per heavy atom. The second kappa shape index (κ2) is 5.24. The highest BCUT2D eigenvalue weighted by atomic mass is 16.5. The van der Waals surface area contributed by atoms with Gasteiger partial charge in [-0.2, -0.15) is 0 Å². The SMILES string of the molecule is CC(C)(C)[C@@H](N)C(=O)NC1(C(=O)O)CCOCC1. The lowest BCUT2D eigenvalue weighted by Crippen LogP contribution is -2.62. The molecular weight excluding hydrogens is 236 g/mol. The molecule has 0 aromatic heterocycles. The molecule has 104 valence electrons. The molecule has 0 bridgehead atoms. The fourth-order valence-electron chi connectivity index (χ4n) is 1.82. The van der Waals surface area contributed by atoms with Crippen molar-refractivity contribution in [2.45, 2.75) is 45.2 Å². The van der Waals surface area contributed by atoms with Crippen LogP contribution in [-0.4, -0.2) is 41.8 Å². The molecule has 1 heterocycles. The molecule has 1 aliphatic rings. The second-order valence-corrected chi connectivity index (χ2v) is 5.83. The summed E-state index contributed by atoms with van der Waals surface area (Å²) < 4.78 is 5.14. The van der Waals surface area contributed by atoms with E-state index in [-0.39, 0.29) is 12.8 Å². The number of rotatable bonds is 3. The number of carboxylic acids is 1. The quantitative estimate of drug-likeness (QED) is 0.667. The molecule has 0 spiro atoms. The van der Waals surface area contributed by atoms with Crippen molar-refractivity contribution in [2.75, 3.05) is 13.2 Å². The van der Waals surface area contributed by atoms with E-state index in [9.17, 15) is 14.7 Å². The molecule has 0 aromatic carbocycles. The number of hydrogen-bond donors (Lipinski definition) is 3. The zero-order valence-electron chi connectivity index (χ0n) is 11.2. The largest absolute Gasteiger partial charge is 0.480 e. The summed E-state index contributed by atoms with van der Waals surface area (Å²) in [5, 5.41) is 11.9. The number of amides is 1. The molecule has 4 N–H and O–H groups in total. The van der Waals surface area contributed by atoms with E-state index in [4.69, 9.17) is 10.5 Å². The number of hydrogen-bond acceptors (Lipinski definition) is 4. The third-order valence-corrected chi connectivity index (χ3v) is 3.33. The molecule has 1 atom stereocenters. The van der Waals surface area contributed by atoms with Crippen molar-refractivity contribution in [3.63, 3.8) is 0 Å². The minimum atomic E-state index is -1.24. The first-order chi connectivity index (χ1) is 8.19. The Morgan fingerprint density at radius 2 is 1.83 bits per heavy atom. The van der Waals surface area contributed by atoms with Crippen molar-refractivity contribution in [1.29, 1.82) is 0 Å². The van der Waals surface area contributed by atoms with E-state index < -0.39 is 28.9 Å². The number of aliphatic carboxylic acids is 1. The summed E-state index contributed by atoms with van der Waals surface area (Å²) in [4.78, 5) is 23.4. The van der Waals surface area contributed by atoms with Crippen LogP contribution in [0.2, 0.25) is 0 Å². The Labute approximate surface area is 107 Å². The Balaban J connectivity index is 2.79. The van der Waals surface area contributed by atoms with E-state index in [0.717, 1.165) is 0 Å². The predicted octanol–water partition coefficient (Wildman–Crippen LogP) is 0.110. The van der Waals surface area contributed by atoms with E-state index in [1.54, 1.807) is 0 Å². The molecule has 1 rings (SSSR count). The van der Waals surface area contributed by atoms with Gasteiger partial charge in [0.25, 0.3) is 0 Å². The van der Waals surface area contributed by atoms with Crippen molar-refractivity contribution < 1.29 is 19.4 Å². The smallest absolute Gasteiger partial charge is 0.329 e. The van der Waals surface area contributed by atoms with Gasteiger partial charge in [0.1, 0.15) is 5.54 Å². The predicted molar refractivity (Wildman–Crippen MR) is 66.0 cm³/mol. The van der Waals surface area contributed by atoms with Crippen LogP contribution in [0.1, 0.15) is 33.6 Å². The maximum Gasteiger partial charge on any atom is 0.329 e. The van der Waals surface area contributed by atoms with E-state index in [2.05, 4.69) is 5.32 Å². The molecule has 1 saturated heterocycles. The lowest BCUT2D eigenvalue weighted by atomic mass is 9.84. The number of carbonyl (C=O) groups is 2. The average molecular weight is 258 g/mol. The molecule has 1 fully saturated rings. The third-order valence-electron chi connectivity index (χ3n) is 3.33. The van der Waals surface area contributed by atoms with Gasteiger partial charge in [0.05, 0.1) is 6.04 Å². The minimum Gasteiger partial charge on any atom is -0.480 e. The zero-order chi connectivity index (χ0) is 14.0. The van der Waals surface area contributed by atoms with Gasteiger partial charge in [-0.3, -0.25) is 4.79 Å². The Kier molecular flexibility index (Phi) is 4.34. The number of nitrogens with two attached hydrogens (primary N) is 1. The number of ether oxygens (including phenoxy) is 1. The first-order valence-corrected chi connectivity index (χ1v) is 6.08. The molecule has 0 aromatic rings. The van der Waals surface area contributed by atoms with Crippen molar-refractivity contribution in [1.82, 2.24) is 5.32 Å². The van der Waals surface area contributed by atoms with Gasteiger partial charge in [-0.1, -0.05) is 20.8 Å². The van der Waals surface area contributed by atoms with Crippen molar-refractivity contribution >= 4 is 11.9 Å². The Morgan fingerprint density at radius 3 is 2.22 bits per heavy atom. The molecule has 0 saturated carbocycles. The lowest BCUT2D eigenvalue weighted by Gasteiger charge is -2.36. The first kappa shape index (κ1) is 14.9. The summed E-state index contributed by atoms with van der Waals surface area (Å²) >= 11 is 0. The van der Waals surface area contributed by atoms with Crippen molar-refractivity contribution in [3.05, 3.63) is 0 Å². The molecule has 6 nitrogen and oxygen atoms in total. The molecular formula is C12H22N2O4. The van der Waals surface area contributed by atoms with E-state index in [0.29, 0.717) is 13.2 Å². The van der Waals surface area contributed by atoms with Gasteiger partial charge in [-0.05, 0) is 5.41 Å². The molecule has 0 unspecified atom stereocenters. The van der Waals surface area contributed by atoms with Gasteiger partial charge in [0, 0.05) is 26.1 Å². The van der Waals surface area contributed by atoms with Gasteiger partial charge in [-0.15, -0.1) is 0 Å². The zero-order valence-corrected chi connectivity index (χ0v) is 11.2. The van der Waals surface area contributed by atoms with E-state index >= 15 is 0 Å².